The van der Waals surface area contributed by atoms with Crippen LogP contribution in [0.1, 0.15) is 28.8 Å². The van der Waals surface area contributed by atoms with Crippen molar-refractivity contribution in [1.82, 2.24) is 4.31 Å². The molecule has 0 spiro atoms. The summed E-state index contributed by atoms with van der Waals surface area (Å²) in [5, 5.41) is 2.96. The van der Waals surface area contributed by atoms with Gasteiger partial charge in [0, 0.05) is 23.7 Å². The summed E-state index contributed by atoms with van der Waals surface area (Å²) in [6, 6.07) is 17.7. The van der Waals surface area contributed by atoms with Gasteiger partial charge in [0.05, 0.1) is 6.42 Å². The Morgan fingerprint density at radius 3 is 2.57 bits per heavy atom. The molecule has 5 nitrogen and oxygen atoms in total. The number of sulfonamides is 1. The lowest BCUT2D eigenvalue weighted by Gasteiger charge is -2.13. The predicted molar refractivity (Wildman–Crippen MR) is 119 cm³/mol. The molecule has 1 saturated heterocycles. The van der Waals surface area contributed by atoms with Crippen LogP contribution in [0, 0.1) is 0 Å². The van der Waals surface area contributed by atoms with Gasteiger partial charge >= 0.3 is 0 Å². The molecule has 0 atom stereocenters. The lowest BCUT2D eigenvalue weighted by Crippen LogP contribution is -2.27. The molecule has 1 fully saturated rings. The Balaban J connectivity index is 1.26. The fourth-order valence-corrected chi connectivity index (χ4v) is 7.26. The van der Waals surface area contributed by atoms with E-state index in [-0.39, 0.29) is 12.3 Å². The molecule has 1 amide bonds. The van der Waals surface area contributed by atoms with Crippen molar-refractivity contribution in [3.8, 4) is 11.1 Å². The molecule has 154 valence electrons. The smallest absolute Gasteiger partial charge is 0.252 e. The number of nitrogens with zero attached hydrogens (tertiary/aromatic N) is 1. The minimum atomic E-state index is -3.43. The minimum absolute atomic E-state index is 0.141. The third kappa shape index (κ3) is 3.57. The summed E-state index contributed by atoms with van der Waals surface area (Å²) >= 11 is 1.19. The van der Waals surface area contributed by atoms with Crippen LogP contribution in [0.4, 0.5) is 5.69 Å². The predicted octanol–water partition coefficient (Wildman–Crippen LogP) is 4.29. The number of thiophene rings is 1. The zero-order chi connectivity index (χ0) is 20.7. The van der Waals surface area contributed by atoms with E-state index in [0.29, 0.717) is 17.3 Å². The molecule has 1 aliphatic heterocycles. The van der Waals surface area contributed by atoms with Gasteiger partial charge in [-0.1, -0.05) is 30.3 Å². The molecule has 0 radical (unpaired) electrons. The molecule has 2 aliphatic rings. The topological polar surface area (TPSA) is 66.5 Å². The van der Waals surface area contributed by atoms with E-state index < -0.39 is 10.0 Å². The van der Waals surface area contributed by atoms with E-state index in [1.54, 1.807) is 12.1 Å². The van der Waals surface area contributed by atoms with Crippen LogP contribution in [0.5, 0.6) is 0 Å². The summed E-state index contributed by atoms with van der Waals surface area (Å²) < 4.78 is 27.2. The molecule has 3 aromatic rings. The number of fused-ring (bicyclic) bond motifs is 3. The first-order valence-electron chi connectivity index (χ1n) is 10.1. The fraction of sp³-hybridized carbons (Fsp3) is 0.261. The number of nitrogens with one attached hydrogen (secondary N) is 1. The first kappa shape index (κ1) is 19.5. The molecule has 2 aromatic carbocycles. The molecule has 0 bridgehead atoms. The summed E-state index contributed by atoms with van der Waals surface area (Å²) in [4.78, 5) is 13.3. The van der Waals surface area contributed by atoms with E-state index in [1.807, 2.05) is 24.3 Å². The molecule has 1 aromatic heterocycles. The van der Waals surface area contributed by atoms with Crippen LogP contribution in [-0.4, -0.2) is 31.7 Å². The highest BCUT2D eigenvalue weighted by molar-refractivity contribution is 7.91. The van der Waals surface area contributed by atoms with Crippen LogP contribution in [0.3, 0.4) is 0 Å². The second kappa shape index (κ2) is 7.65. The maximum absolute atomic E-state index is 12.7. The first-order valence-corrected chi connectivity index (χ1v) is 12.4. The SMILES string of the molecule is O=C(Cc1ccc(S(=O)(=O)N2CCCC2)s1)Nc1ccc2c(c1)Cc1ccccc1-2. The number of carbonyl (C=O) groups excluding carboxylic acids is 1. The Bertz CT molecular complexity index is 1220. The first-order chi connectivity index (χ1) is 14.5. The van der Waals surface area contributed by atoms with Crippen molar-refractivity contribution >= 4 is 33.0 Å². The lowest BCUT2D eigenvalue weighted by molar-refractivity contribution is -0.115. The number of carbonyl (C=O) groups is 1. The highest BCUT2D eigenvalue weighted by Gasteiger charge is 2.28. The number of benzene rings is 2. The Morgan fingerprint density at radius 1 is 0.967 bits per heavy atom. The second-order valence-corrected chi connectivity index (χ2v) is 11.1. The molecule has 0 saturated carbocycles. The third-order valence-electron chi connectivity index (χ3n) is 5.71. The Labute approximate surface area is 180 Å². The van der Waals surface area contributed by atoms with Crippen molar-refractivity contribution in [3.05, 3.63) is 70.6 Å². The van der Waals surface area contributed by atoms with E-state index in [2.05, 4.69) is 23.5 Å². The number of amides is 1. The Hall–Kier alpha value is -2.48. The summed E-state index contributed by atoms with van der Waals surface area (Å²) in [7, 11) is -3.43. The lowest BCUT2D eigenvalue weighted by atomic mass is 10.1. The molecule has 30 heavy (non-hydrogen) atoms. The molecule has 2 heterocycles. The molecule has 1 aliphatic carbocycles. The van der Waals surface area contributed by atoms with Crippen molar-refractivity contribution in [2.24, 2.45) is 0 Å². The molecule has 7 heteroatoms. The van der Waals surface area contributed by atoms with Crippen molar-refractivity contribution in [3.63, 3.8) is 0 Å². The van der Waals surface area contributed by atoms with Crippen LogP contribution < -0.4 is 5.32 Å². The van der Waals surface area contributed by atoms with Crippen LogP contribution in [0.2, 0.25) is 0 Å². The number of rotatable bonds is 5. The van der Waals surface area contributed by atoms with E-state index >= 15 is 0 Å². The third-order valence-corrected chi connectivity index (χ3v) is 9.16. The fourth-order valence-electron chi connectivity index (χ4n) is 4.23. The van der Waals surface area contributed by atoms with Crippen molar-refractivity contribution in [2.45, 2.75) is 29.9 Å². The van der Waals surface area contributed by atoms with Gasteiger partial charge < -0.3 is 5.32 Å². The van der Waals surface area contributed by atoms with E-state index in [0.717, 1.165) is 29.8 Å². The monoisotopic (exact) mass is 438 g/mol. The average Bonchev–Trinajstić information content (AvgIpc) is 3.47. The average molecular weight is 439 g/mol. The molecule has 5 rings (SSSR count). The molecule has 1 N–H and O–H groups in total. The van der Waals surface area contributed by atoms with Crippen molar-refractivity contribution in [1.29, 1.82) is 0 Å². The maximum atomic E-state index is 12.7. The largest absolute Gasteiger partial charge is 0.326 e. The van der Waals surface area contributed by atoms with Gasteiger partial charge in [0.15, 0.2) is 0 Å². The highest BCUT2D eigenvalue weighted by Crippen LogP contribution is 2.37. The molecule has 0 unspecified atom stereocenters. The van der Waals surface area contributed by atoms with Crippen LogP contribution >= 0.6 is 11.3 Å². The maximum Gasteiger partial charge on any atom is 0.252 e. The van der Waals surface area contributed by atoms with Gasteiger partial charge in [-0.15, -0.1) is 11.3 Å². The van der Waals surface area contributed by atoms with E-state index in [9.17, 15) is 13.2 Å². The number of hydrogen-bond donors (Lipinski definition) is 1. The molecular formula is C23H22N2O3S2. The zero-order valence-corrected chi connectivity index (χ0v) is 18.1. The zero-order valence-electron chi connectivity index (χ0n) is 16.4. The summed E-state index contributed by atoms with van der Waals surface area (Å²) in [6.07, 6.45) is 2.85. The quantitative estimate of drug-likeness (QED) is 0.506. The van der Waals surface area contributed by atoms with Gasteiger partial charge in [0.1, 0.15) is 4.21 Å². The van der Waals surface area contributed by atoms with Gasteiger partial charge in [-0.05, 0) is 65.8 Å². The standard InChI is InChI=1S/C23H22N2O3S2/c26-22(15-19-8-10-23(29-19)30(27,28)25-11-3-4-12-25)24-18-7-9-21-17(14-18)13-16-5-1-2-6-20(16)21/h1-2,5-10,14H,3-4,11-13,15H2,(H,24,26). The molecular weight excluding hydrogens is 416 g/mol. The van der Waals surface area contributed by atoms with Gasteiger partial charge in [0.25, 0.3) is 10.0 Å². The number of anilines is 1. The normalized spacial score (nSPS) is 15.7. The van der Waals surface area contributed by atoms with Gasteiger partial charge in [0.2, 0.25) is 5.91 Å². The number of hydrogen-bond acceptors (Lipinski definition) is 4. The Morgan fingerprint density at radius 2 is 1.73 bits per heavy atom. The Kier molecular flexibility index (Phi) is 4.97. The highest BCUT2D eigenvalue weighted by atomic mass is 32.2. The van der Waals surface area contributed by atoms with E-state index in [1.165, 1.54) is 37.9 Å². The second-order valence-electron chi connectivity index (χ2n) is 7.76. The van der Waals surface area contributed by atoms with Crippen molar-refractivity contribution in [2.75, 3.05) is 18.4 Å². The van der Waals surface area contributed by atoms with Gasteiger partial charge in [-0.25, -0.2) is 8.42 Å². The van der Waals surface area contributed by atoms with Gasteiger partial charge in [-0.3, -0.25) is 4.79 Å². The van der Waals surface area contributed by atoms with Crippen LogP contribution in [0.15, 0.2) is 58.8 Å². The van der Waals surface area contributed by atoms with Gasteiger partial charge in [-0.2, -0.15) is 4.31 Å². The summed E-state index contributed by atoms with van der Waals surface area (Å²) in [6.45, 7) is 1.16. The summed E-state index contributed by atoms with van der Waals surface area (Å²) in [5.41, 5.74) is 5.77. The van der Waals surface area contributed by atoms with E-state index in [4.69, 9.17) is 0 Å². The summed E-state index contributed by atoms with van der Waals surface area (Å²) in [5.74, 6) is -0.141. The van der Waals surface area contributed by atoms with Crippen LogP contribution in [0.25, 0.3) is 11.1 Å². The van der Waals surface area contributed by atoms with Crippen LogP contribution in [-0.2, 0) is 27.7 Å². The minimum Gasteiger partial charge on any atom is -0.326 e. The van der Waals surface area contributed by atoms with Crippen molar-refractivity contribution < 1.29 is 13.2 Å².